The van der Waals surface area contributed by atoms with E-state index in [0.717, 1.165) is 48.4 Å². The number of carbonyl (C=O) groups is 2. The Bertz CT molecular complexity index is 958. The number of carbonyl (C=O) groups excluding carboxylic acids is 2. The maximum atomic E-state index is 13.4. The van der Waals surface area contributed by atoms with E-state index in [9.17, 15) is 9.59 Å². The van der Waals surface area contributed by atoms with Crippen molar-refractivity contribution in [2.24, 2.45) is 0 Å². The predicted octanol–water partition coefficient (Wildman–Crippen LogP) is 3.49. The van der Waals surface area contributed by atoms with Crippen LogP contribution in [-0.4, -0.2) is 70.7 Å². The molecule has 6 nitrogen and oxygen atoms in total. The Morgan fingerprint density at radius 1 is 0.594 bits per heavy atom. The van der Waals surface area contributed by atoms with Crippen molar-refractivity contribution in [2.75, 3.05) is 39.3 Å². The fraction of sp³-hybridized carbons (Fsp3) is 0.462. The van der Waals surface area contributed by atoms with Gasteiger partial charge in [0.2, 0.25) is 0 Å². The van der Waals surface area contributed by atoms with Crippen LogP contribution in [0.4, 0.5) is 0 Å². The first kappa shape index (κ1) is 19.9. The van der Waals surface area contributed by atoms with Crippen LogP contribution in [-0.2, 0) is 0 Å². The lowest BCUT2D eigenvalue weighted by atomic mass is 10.1. The monoisotopic (exact) mass is 430 g/mol. The van der Waals surface area contributed by atoms with Gasteiger partial charge in [-0.1, -0.05) is 36.4 Å². The van der Waals surface area contributed by atoms with E-state index in [1.807, 2.05) is 46.2 Å². The highest BCUT2D eigenvalue weighted by molar-refractivity contribution is 6.00. The van der Waals surface area contributed by atoms with Gasteiger partial charge in [-0.2, -0.15) is 0 Å². The zero-order valence-corrected chi connectivity index (χ0v) is 18.4. The number of fused-ring (bicyclic) bond motifs is 2. The van der Waals surface area contributed by atoms with Crippen molar-refractivity contribution in [3.05, 3.63) is 70.8 Å². The summed E-state index contributed by atoms with van der Waals surface area (Å²) in [6.45, 7) is 5.19. The molecule has 0 radical (unpaired) electrons. The summed E-state index contributed by atoms with van der Waals surface area (Å²) in [4.78, 5) is 35.7. The quantitative estimate of drug-likeness (QED) is 0.729. The molecule has 2 saturated heterocycles. The second kappa shape index (κ2) is 8.01. The van der Waals surface area contributed by atoms with E-state index in [1.54, 1.807) is 0 Å². The van der Waals surface area contributed by atoms with E-state index in [4.69, 9.17) is 0 Å². The van der Waals surface area contributed by atoms with Crippen LogP contribution in [0.5, 0.6) is 0 Å². The molecule has 0 spiro atoms. The van der Waals surface area contributed by atoms with E-state index < -0.39 is 0 Å². The maximum absolute atomic E-state index is 13.4. The van der Waals surface area contributed by atoms with Crippen molar-refractivity contribution in [3.63, 3.8) is 0 Å². The molecule has 0 aromatic heterocycles. The minimum absolute atomic E-state index is 0.00785. The maximum Gasteiger partial charge on any atom is 0.255 e. The van der Waals surface area contributed by atoms with E-state index in [-0.39, 0.29) is 24.1 Å². The summed E-state index contributed by atoms with van der Waals surface area (Å²) in [7, 11) is 0. The smallest absolute Gasteiger partial charge is 0.255 e. The van der Waals surface area contributed by atoms with Gasteiger partial charge in [-0.05, 0) is 37.8 Å². The molecular weight excluding hydrogens is 400 g/mol. The summed E-state index contributed by atoms with van der Waals surface area (Å²) in [6.07, 6.45) is 4.70. The number of rotatable bonds is 5. The predicted molar refractivity (Wildman–Crippen MR) is 122 cm³/mol. The van der Waals surface area contributed by atoms with Gasteiger partial charge in [-0.25, -0.2) is 0 Å². The van der Waals surface area contributed by atoms with E-state index in [1.165, 1.54) is 25.7 Å². The van der Waals surface area contributed by atoms with Crippen LogP contribution < -0.4 is 0 Å². The average Bonchev–Trinajstić information content (AvgIpc) is 3.61. The fourth-order valence-corrected chi connectivity index (χ4v) is 6.12. The van der Waals surface area contributed by atoms with Gasteiger partial charge >= 0.3 is 0 Å². The Kier molecular flexibility index (Phi) is 5.00. The molecule has 2 atom stereocenters. The second-order valence-electron chi connectivity index (χ2n) is 9.41. The third-order valence-corrected chi connectivity index (χ3v) is 7.61. The molecule has 0 saturated carbocycles. The molecule has 4 aliphatic heterocycles. The Morgan fingerprint density at radius 2 is 0.969 bits per heavy atom. The van der Waals surface area contributed by atoms with E-state index in [0.29, 0.717) is 13.1 Å². The van der Waals surface area contributed by atoms with Gasteiger partial charge in [-0.3, -0.25) is 19.4 Å². The summed E-state index contributed by atoms with van der Waals surface area (Å²) in [5, 5.41) is 0. The minimum Gasteiger partial charge on any atom is -0.317 e. The molecule has 4 heterocycles. The molecular formula is C26H30N4O2. The Balaban J connectivity index is 1.28. The van der Waals surface area contributed by atoms with Gasteiger partial charge in [-0.15, -0.1) is 0 Å². The molecule has 2 fully saturated rings. The molecule has 6 rings (SSSR count). The van der Waals surface area contributed by atoms with Crippen molar-refractivity contribution in [2.45, 2.75) is 38.0 Å². The molecule has 2 aromatic rings. The zero-order valence-electron chi connectivity index (χ0n) is 18.4. The highest BCUT2D eigenvalue weighted by Crippen LogP contribution is 2.40. The molecule has 4 aliphatic rings. The summed E-state index contributed by atoms with van der Waals surface area (Å²) < 4.78 is 0. The highest BCUT2D eigenvalue weighted by Gasteiger charge is 2.44. The molecule has 32 heavy (non-hydrogen) atoms. The molecule has 2 aromatic carbocycles. The van der Waals surface area contributed by atoms with Gasteiger partial charge in [0.1, 0.15) is 12.3 Å². The number of likely N-dealkylation sites (tertiary alicyclic amines) is 2. The first-order valence-electron chi connectivity index (χ1n) is 12.0. The molecule has 0 bridgehead atoms. The van der Waals surface area contributed by atoms with Crippen LogP contribution in [0.15, 0.2) is 48.5 Å². The Hall–Kier alpha value is -2.70. The molecule has 166 valence electrons. The third-order valence-electron chi connectivity index (χ3n) is 7.61. The normalized spacial score (nSPS) is 25.8. The van der Waals surface area contributed by atoms with Gasteiger partial charge in [0.25, 0.3) is 11.8 Å². The van der Waals surface area contributed by atoms with Crippen LogP contribution in [0.2, 0.25) is 0 Å². The molecule has 0 N–H and O–H groups in total. The topological polar surface area (TPSA) is 47.1 Å². The highest BCUT2D eigenvalue weighted by atomic mass is 16.2. The number of hydrogen-bond acceptors (Lipinski definition) is 4. The van der Waals surface area contributed by atoms with Gasteiger partial charge in [0.05, 0.1) is 0 Å². The zero-order chi connectivity index (χ0) is 21.7. The summed E-state index contributed by atoms with van der Waals surface area (Å²) >= 11 is 0. The van der Waals surface area contributed by atoms with Crippen LogP contribution in [0.25, 0.3) is 0 Å². The van der Waals surface area contributed by atoms with Crippen LogP contribution in [0.3, 0.4) is 0 Å². The molecule has 0 aliphatic carbocycles. The second-order valence-corrected chi connectivity index (χ2v) is 9.41. The van der Waals surface area contributed by atoms with Crippen molar-refractivity contribution < 1.29 is 9.59 Å². The van der Waals surface area contributed by atoms with Crippen molar-refractivity contribution in [1.82, 2.24) is 19.6 Å². The largest absolute Gasteiger partial charge is 0.317 e. The van der Waals surface area contributed by atoms with E-state index >= 15 is 0 Å². The van der Waals surface area contributed by atoms with Crippen molar-refractivity contribution in [1.29, 1.82) is 0 Å². The fourth-order valence-electron chi connectivity index (χ4n) is 6.12. The standard InChI is InChI=1S/C26H30N4O2/c31-25-21-11-3-1-9-19(21)23(27-13-5-6-14-27)29(25)17-18-30-24(28-15-7-8-16-28)20-10-2-4-12-22(20)26(30)32/h1-4,9-12,23-24H,5-8,13-18H2/t23-,24-/m1/s1. The average molecular weight is 431 g/mol. The third kappa shape index (κ3) is 3.08. The van der Waals surface area contributed by atoms with Crippen LogP contribution >= 0.6 is 0 Å². The molecule has 2 amide bonds. The lowest BCUT2D eigenvalue weighted by Crippen LogP contribution is -2.45. The van der Waals surface area contributed by atoms with Gasteiger partial charge in [0, 0.05) is 61.5 Å². The lowest BCUT2D eigenvalue weighted by molar-refractivity contribution is 0.0264. The number of nitrogens with zero attached hydrogens (tertiary/aromatic N) is 4. The van der Waals surface area contributed by atoms with Crippen molar-refractivity contribution in [3.8, 4) is 0 Å². The Labute approximate surface area is 189 Å². The van der Waals surface area contributed by atoms with Crippen molar-refractivity contribution >= 4 is 11.8 Å². The minimum atomic E-state index is -0.00785. The summed E-state index contributed by atoms with van der Waals surface area (Å²) in [5.41, 5.74) is 3.87. The SMILES string of the molecule is O=C1c2ccccc2[C@H](N2CCCC2)N1CCN1C(=O)c2ccccc2[C@@H]1N1CCCC1. The first-order valence-corrected chi connectivity index (χ1v) is 12.0. The molecule has 6 heteroatoms. The lowest BCUT2D eigenvalue weighted by Gasteiger charge is -2.36. The molecule has 0 unspecified atom stereocenters. The summed E-state index contributed by atoms with van der Waals surface area (Å²) in [6, 6.07) is 16.1. The number of hydrogen-bond donors (Lipinski definition) is 0. The van der Waals surface area contributed by atoms with E-state index in [2.05, 4.69) is 21.9 Å². The number of benzene rings is 2. The first-order chi connectivity index (χ1) is 15.7. The Morgan fingerprint density at radius 3 is 1.38 bits per heavy atom. The van der Waals surface area contributed by atoms with Gasteiger partial charge in [0.15, 0.2) is 0 Å². The van der Waals surface area contributed by atoms with Crippen LogP contribution in [0.1, 0.15) is 69.9 Å². The van der Waals surface area contributed by atoms with Crippen LogP contribution in [0, 0.1) is 0 Å². The number of amides is 2. The summed E-state index contributed by atoms with van der Waals surface area (Å²) in [5.74, 6) is 0.193. The van der Waals surface area contributed by atoms with Gasteiger partial charge < -0.3 is 9.80 Å².